The van der Waals surface area contributed by atoms with Gasteiger partial charge in [-0.15, -0.1) is 0 Å². The highest BCUT2D eigenvalue weighted by Gasteiger charge is 2.49. The van der Waals surface area contributed by atoms with E-state index in [1.165, 1.54) is 89.0 Å². The molecule has 0 spiro atoms. The molecule has 0 fully saturated rings. The average molecular weight is 914 g/mol. The molecule has 71 heavy (non-hydrogen) atoms. The van der Waals surface area contributed by atoms with E-state index in [1.54, 1.807) is 0 Å². The fourth-order valence-electron chi connectivity index (χ4n) is 12.1. The van der Waals surface area contributed by atoms with Crippen LogP contribution in [-0.4, -0.2) is 0 Å². The number of hydrogen-bond acceptors (Lipinski definition) is 1. The van der Waals surface area contributed by atoms with Crippen molar-refractivity contribution in [3.63, 3.8) is 0 Å². The van der Waals surface area contributed by atoms with Gasteiger partial charge in [0.15, 0.2) is 0 Å². The Balaban J connectivity index is 1.17. The van der Waals surface area contributed by atoms with Crippen LogP contribution in [0.4, 0.5) is 17.1 Å². The molecule has 1 nitrogen and oxygen atoms in total. The Hall–Kier alpha value is -8.00. The minimum absolute atomic E-state index is 0.0510. The van der Waals surface area contributed by atoms with Gasteiger partial charge in [0.25, 0.3) is 0 Å². The summed E-state index contributed by atoms with van der Waals surface area (Å²) in [7, 11) is 0. The topological polar surface area (TPSA) is 3.24 Å². The number of anilines is 3. The highest BCUT2D eigenvalue weighted by Crippen LogP contribution is 2.60. The van der Waals surface area contributed by atoms with Crippen LogP contribution in [0.1, 0.15) is 97.2 Å². The molecule has 2 aliphatic rings. The third-order valence-corrected chi connectivity index (χ3v) is 15.5. The molecule has 10 aromatic rings. The normalized spacial score (nSPS) is 14.0. The van der Waals surface area contributed by atoms with Gasteiger partial charge in [0.2, 0.25) is 0 Å². The molecular weight excluding hydrogens is 855 g/mol. The molecule has 2 aliphatic carbocycles. The van der Waals surface area contributed by atoms with E-state index in [0.29, 0.717) is 0 Å². The third-order valence-electron chi connectivity index (χ3n) is 15.5. The van der Waals surface area contributed by atoms with Gasteiger partial charge in [-0.25, -0.2) is 0 Å². The molecule has 0 heterocycles. The molecule has 12 rings (SSSR count). The number of para-hydroxylation sites is 1. The van der Waals surface area contributed by atoms with Gasteiger partial charge in [0.1, 0.15) is 0 Å². The first-order valence-corrected chi connectivity index (χ1v) is 25.3. The van der Waals surface area contributed by atoms with Crippen molar-refractivity contribution in [1.29, 1.82) is 0 Å². The Labute approximate surface area is 420 Å². The maximum atomic E-state index is 2.53. The fraction of sp³-hybridized carbons (Fsp3) is 0.143. The van der Waals surface area contributed by atoms with Crippen LogP contribution < -0.4 is 4.90 Å². The number of rotatable bonds is 8. The lowest BCUT2D eigenvalue weighted by molar-refractivity contribution is 0.586. The van der Waals surface area contributed by atoms with Gasteiger partial charge in [-0.3, -0.25) is 0 Å². The summed E-state index contributed by atoms with van der Waals surface area (Å²) in [6.07, 6.45) is 0. The standard InChI is InChI=1S/C70H59N/c1-67(2,3)52-38-41-59-60-42-39-53(68(4,5)6)46-64(60)70(63(59)45-52,51-30-17-10-18-31-51)54-32-23-33-55(44-54)71(66-37-22-20-34-57(66)48-24-11-7-12-25-48)56-40-43-61-58-35-19-21-36-62(58)69(65(61)47-56,49-26-13-8-14-27-49)50-28-15-9-16-29-50/h7-47H,1-6H3. The smallest absolute Gasteiger partial charge is 0.0714 e. The summed E-state index contributed by atoms with van der Waals surface area (Å²) in [5, 5.41) is 0. The molecule has 10 aromatic carbocycles. The molecule has 0 radical (unpaired) electrons. The van der Waals surface area contributed by atoms with E-state index in [-0.39, 0.29) is 10.8 Å². The SMILES string of the molecule is CC(C)(C)c1ccc2c(c1)C(c1ccccc1)(c1cccc(N(c3ccc4c(c3)C(c3ccccc3)(c3ccccc3)c3ccccc3-4)c3ccccc3-c3ccccc3)c1)c1cc(C(C)(C)C)ccc1-2. The summed E-state index contributed by atoms with van der Waals surface area (Å²) >= 11 is 0. The van der Waals surface area contributed by atoms with Crippen molar-refractivity contribution in [2.45, 2.75) is 63.2 Å². The van der Waals surface area contributed by atoms with E-state index >= 15 is 0 Å². The fourth-order valence-corrected chi connectivity index (χ4v) is 12.1. The Kier molecular flexibility index (Phi) is 10.5. The zero-order chi connectivity index (χ0) is 48.5. The number of benzene rings is 10. The predicted molar refractivity (Wildman–Crippen MR) is 299 cm³/mol. The first kappa shape index (κ1) is 44.2. The first-order valence-electron chi connectivity index (χ1n) is 25.3. The van der Waals surface area contributed by atoms with Crippen LogP contribution in [0, 0.1) is 0 Å². The van der Waals surface area contributed by atoms with Crippen LogP contribution in [0.3, 0.4) is 0 Å². The van der Waals surface area contributed by atoms with Gasteiger partial charge in [-0.1, -0.05) is 260 Å². The summed E-state index contributed by atoms with van der Waals surface area (Å²) in [5.74, 6) is 0. The van der Waals surface area contributed by atoms with Crippen LogP contribution in [0.15, 0.2) is 249 Å². The lowest BCUT2D eigenvalue weighted by atomic mass is 9.66. The van der Waals surface area contributed by atoms with E-state index in [1.807, 2.05) is 0 Å². The lowest BCUT2D eigenvalue weighted by Gasteiger charge is -2.37. The molecule has 0 saturated carbocycles. The van der Waals surface area contributed by atoms with Crippen LogP contribution >= 0.6 is 0 Å². The summed E-state index contributed by atoms with van der Waals surface area (Å²) < 4.78 is 0. The van der Waals surface area contributed by atoms with Crippen molar-refractivity contribution in [1.82, 2.24) is 0 Å². The highest BCUT2D eigenvalue weighted by molar-refractivity contribution is 5.93. The van der Waals surface area contributed by atoms with Crippen molar-refractivity contribution in [3.8, 4) is 33.4 Å². The van der Waals surface area contributed by atoms with E-state index in [2.05, 4.69) is 295 Å². The van der Waals surface area contributed by atoms with Crippen LogP contribution in [0.5, 0.6) is 0 Å². The summed E-state index contributed by atoms with van der Waals surface area (Å²) in [4.78, 5) is 2.53. The molecule has 0 unspecified atom stereocenters. The zero-order valence-corrected chi connectivity index (χ0v) is 41.6. The monoisotopic (exact) mass is 913 g/mol. The van der Waals surface area contributed by atoms with Crippen LogP contribution in [0.25, 0.3) is 33.4 Å². The molecule has 0 atom stereocenters. The Morgan fingerprint density at radius 2 is 0.676 bits per heavy atom. The predicted octanol–water partition coefficient (Wildman–Crippen LogP) is 18.1. The molecule has 0 aliphatic heterocycles. The van der Waals surface area contributed by atoms with E-state index < -0.39 is 10.8 Å². The Morgan fingerprint density at radius 3 is 1.21 bits per heavy atom. The second-order valence-corrected chi connectivity index (χ2v) is 21.7. The first-order chi connectivity index (χ1) is 34.5. The molecule has 0 N–H and O–H groups in total. The summed E-state index contributed by atoms with van der Waals surface area (Å²) in [6, 6.07) is 93.8. The van der Waals surface area contributed by atoms with Gasteiger partial charge in [0, 0.05) is 16.9 Å². The molecule has 0 saturated heterocycles. The quantitative estimate of drug-likeness (QED) is 0.147. The third kappa shape index (κ3) is 6.97. The van der Waals surface area contributed by atoms with Crippen LogP contribution in [-0.2, 0) is 21.7 Å². The van der Waals surface area contributed by atoms with Gasteiger partial charge in [-0.2, -0.15) is 0 Å². The largest absolute Gasteiger partial charge is 0.310 e. The maximum absolute atomic E-state index is 2.53. The number of hydrogen-bond donors (Lipinski definition) is 0. The Morgan fingerprint density at radius 1 is 0.282 bits per heavy atom. The van der Waals surface area contributed by atoms with E-state index in [4.69, 9.17) is 0 Å². The highest BCUT2D eigenvalue weighted by atomic mass is 15.1. The average Bonchev–Trinajstić information content (AvgIpc) is 3.88. The van der Waals surface area contributed by atoms with Gasteiger partial charge in [-0.05, 0) is 125 Å². The summed E-state index contributed by atoms with van der Waals surface area (Å²) in [5.41, 5.74) is 22.4. The van der Waals surface area contributed by atoms with Gasteiger partial charge < -0.3 is 4.90 Å². The minimum Gasteiger partial charge on any atom is -0.310 e. The van der Waals surface area contributed by atoms with E-state index in [0.717, 1.165) is 17.1 Å². The van der Waals surface area contributed by atoms with Crippen molar-refractivity contribution in [2.24, 2.45) is 0 Å². The summed E-state index contributed by atoms with van der Waals surface area (Å²) in [6.45, 7) is 14.0. The second kappa shape index (κ2) is 16.9. The number of fused-ring (bicyclic) bond motifs is 6. The maximum Gasteiger partial charge on any atom is 0.0714 e. The second-order valence-electron chi connectivity index (χ2n) is 21.7. The van der Waals surface area contributed by atoms with E-state index in [9.17, 15) is 0 Å². The van der Waals surface area contributed by atoms with Crippen LogP contribution in [0.2, 0.25) is 0 Å². The van der Waals surface area contributed by atoms with Gasteiger partial charge in [0.05, 0.1) is 16.5 Å². The lowest BCUT2D eigenvalue weighted by Crippen LogP contribution is -2.30. The molecule has 0 bridgehead atoms. The number of nitrogens with zero attached hydrogens (tertiary/aromatic N) is 1. The van der Waals surface area contributed by atoms with Gasteiger partial charge >= 0.3 is 0 Å². The molecule has 0 amide bonds. The molecule has 344 valence electrons. The molecule has 1 heteroatoms. The Bertz CT molecular complexity index is 3490. The molecular formula is C70H59N. The minimum atomic E-state index is -0.621. The molecule has 0 aromatic heterocycles. The van der Waals surface area contributed by atoms with Crippen molar-refractivity contribution in [2.75, 3.05) is 4.90 Å². The van der Waals surface area contributed by atoms with Crippen molar-refractivity contribution in [3.05, 3.63) is 304 Å². The van der Waals surface area contributed by atoms with Crippen molar-refractivity contribution < 1.29 is 0 Å². The zero-order valence-electron chi connectivity index (χ0n) is 41.6. The van der Waals surface area contributed by atoms with Crippen molar-refractivity contribution >= 4 is 17.1 Å².